The number of carbonyl (C=O) groups is 1. The van der Waals surface area contributed by atoms with Crippen molar-refractivity contribution in [3.05, 3.63) is 90.1 Å². The number of nitrogens with zero attached hydrogens (tertiary/aromatic N) is 2. The van der Waals surface area contributed by atoms with E-state index in [1.807, 2.05) is 47.4 Å². The van der Waals surface area contributed by atoms with Crippen LogP contribution in [-0.4, -0.2) is 28.9 Å². The molecule has 1 aliphatic rings. The topological polar surface area (TPSA) is 45.2 Å². The SMILES string of the molecule is O=C(c1ccc(Nc2ccccc2)nc1)N1CCC(Cc2ccccc2)CC1. The summed E-state index contributed by atoms with van der Waals surface area (Å²) in [5.74, 6) is 1.48. The highest BCUT2D eigenvalue weighted by Gasteiger charge is 2.24. The van der Waals surface area contributed by atoms with Crippen LogP contribution in [0.25, 0.3) is 0 Å². The van der Waals surface area contributed by atoms with Gasteiger partial charge >= 0.3 is 0 Å². The van der Waals surface area contributed by atoms with Crippen LogP contribution in [0, 0.1) is 5.92 Å². The zero-order valence-electron chi connectivity index (χ0n) is 15.9. The third-order valence-electron chi connectivity index (χ3n) is 5.33. The number of carbonyl (C=O) groups excluding carboxylic acids is 1. The first-order chi connectivity index (χ1) is 13.8. The second-order valence-electron chi connectivity index (χ2n) is 7.35. The number of nitrogens with one attached hydrogen (secondary N) is 1. The van der Waals surface area contributed by atoms with Crippen molar-refractivity contribution in [3.63, 3.8) is 0 Å². The lowest BCUT2D eigenvalue weighted by molar-refractivity contribution is 0.0690. The molecule has 1 N–H and O–H groups in total. The number of likely N-dealkylation sites (tertiary alicyclic amines) is 1. The molecule has 142 valence electrons. The molecular formula is C24H25N3O. The maximum Gasteiger partial charge on any atom is 0.255 e. The van der Waals surface area contributed by atoms with Crippen LogP contribution in [0.5, 0.6) is 0 Å². The average molecular weight is 371 g/mol. The summed E-state index contributed by atoms with van der Waals surface area (Å²) in [6.07, 6.45) is 4.89. The van der Waals surface area contributed by atoms with Crippen LogP contribution >= 0.6 is 0 Å². The van der Waals surface area contributed by atoms with Crippen LogP contribution in [0.1, 0.15) is 28.8 Å². The van der Waals surface area contributed by atoms with Gasteiger partial charge in [-0.1, -0.05) is 48.5 Å². The van der Waals surface area contributed by atoms with Crippen LogP contribution < -0.4 is 5.32 Å². The molecular weight excluding hydrogens is 346 g/mol. The molecule has 4 heteroatoms. The highest BCUT2D eigenvalue weighted by molar-refractivity contribution is 5.94. The lowest BCUT2D eigenvalue weighted by atomic mass is 9.90. The molecule has 1 fully saturated rings. The molecule has 2 heterocycles. The van der Waals surface area contributed by atoms with Crippen molar-refractivity contribution < 1.29 is 4.79 Å². The van der Waals surface area contributed by atoms with E-state index in [1.165, 1.54) is 5.56 Å². The first-order valence-corrected chi connectivity index (χ1v) is 9.89. The first-order valence-electron chi connectivity index (χ1n) is 9.89. The van der Waals surface area contributed by atoms with E-state index in [9.17, 15) is 4.79 Å². The summed E-state index contributed by atoms with van der Waals surface area (Å²) >= 11 is 0. The molecule has 2 aromatic carbocycles. The molecule has 0 aliphatic carbocycles. The number of benzene rings is 2. The van der Waals surface area contributed by atoms with E-state index >= 15 is 0 Å². The minimum absolute atomic E-state index is 0.0805. The number of rotatable bonds is 5. The zero-order chi connectivity index (χ0) is 19.2. The van der Waals surface area contributed by atoms with Gasteiger partial charge in [-0.3, -0.25) is 4.79 Å². The van der Waals surface area contributed by atoms with Gasteiger partial charge in [0, 0.05) is 25.0 Å². The quantitative estimate of drug-likeness (QED) is 0.692. The van der Waals surface area contributed by atoms with Crippen LogP contribution in [0.3, 0.4) is 0 Å². The Labute approximate surface area is 166 Å². The lowest BCUT2D eigenvalue weighted by Gasteiger charge is -2.32. The standard InChI is InChI=1S/C24H25N3O/c28-24(21-11-12-23(25-18-21)26-22-9-5-2-6-10-22)27-15-13-20(14-16-27)17-19-7-3-1-4-8-19/h1-12,18,20H,13-17H2,(H,25,26). The second kappa shape index (κ2) is 8.70. The predicted octanol–water partition coefficient (Wildman–Crippen LogP) is 4.92. The zero-order valence-corrected chi connectivity index (χ0v) is 15.9. The first kappa shape index (κ1) is 18.2. The van der Waals surface area contributed by atoms with Gasteiger partial charge in [0.1, 0.15) is 5.82 Å². The highest BCUT2D eigenvalue weighted by atomic mass is 16.2. The minimum Gasteiger partial charge on any atom is -0.340 e. The maximum absolute atomic E-state index is 12.8. The third kappa shape index (κ3) is 4.58. The molecule has 0 bridgehead atoms. The van der Waals surface area contributed by atoms with Gasteiger partial charge in [-0.15, -0.1) is 0 Å². The summed E-state index contributed by atoms with van der Waals surface area (Å²) in [6.45, 7) is 1.64. The minimum atomic E-state index is 0.0805. The van der Waals surface area contributed by atoms with Gasteiger partial charge in [0.25, 0.3) is 5.91 Å². The maximum atomic E-state index is 12.8. The van der Waals surface area contributed by atoms with E-state index in [4.69, 9.17) is 0 Å². The molecule has 0 unspecified atom stereocenters. The summed E-state index contributed by atoms with van der Waals surface area (Å²) in [7, 11) is 0. The Morgan fingerprint density at radius 3 is 2.25 bits per heavy atom. The molecule has 1 aliphatic heterocycles. The fourth-order valence-electron chi connectivity index (χ4n) is 3.73. The van der Waals surface area contributed by atoms with Gasteiger partial charge in [-0.25, -0.2) is 4.98 Å². The summed E-state index contributed by atoms with van der Waals surface area (Å²) in [5.41, 5.74) is 3.02. The average Bonchev–Trinajstić information content (AvgIpc) is 2.76. The van der Waals surface area contributed by atoms with Crippen molar-refractivity contribution in [2.24, 2.45) is 5.92 Å². The van der Waals surface area contributed by atoms with Crippen LogP contribution in [-0.2, 0) is 6.42 Å². The number of pyridine rings is 1. The number of hydrogen-bond donors (Lipinski definition) is 1. The Morgan fingerprint density at radius 1 is 0.929 bits per heavy atom. The van der Waals surface area contributed by atoms with E-state index in [-0.39, 0.29) is 5.91 Å². The van der Waals surface area contributed by atoms with Crippen molar-refractivity contribution in [1.29, 1.82) is 0 Å². The summed E-state index contributed by atoms with van der Waals surface area (Å²) in [6, 6.07) is 24.2. The van der Waals surface area contributed by atoms with Gasteiger partial charge < -0.3 is 10.2 Å². The highest BCUT2D eigenvalue weighted by Crippen LogP contribution is 2.23. The molecule has 4 rings (SSSR count). The molecule has 1 aromatic heterocycles. The van der Waals surface area contributed by atoms with Crippen molar-refractivity contribution >= 4 is 17.4 Å². The van der Waals surface area contributed by atoms with E-state index in [2.05, 4.69) is 40.6 Å². The van der Waals surface area contributed by atoms with Gasteiger partial charge in [-0.2, -0.15) is 0 Å². The van der Waals surface area contributed by atoms with E-state index in [0.29, 0.717) is 11.5 Å². The molecule has 1 amide bonds. The second-order valence-corrected chi connectivity index (χ2v) is 7.35. The molecule has 0 saturated carbocycles. The molecule has 0 spiro atoms. The van der Waals surface area contributed by atoms with Gasteiger partial charge in [0.05, 0.1) is 5.56 Å². The fraction of sp³-hybridized carbons (Fsp3) is 0.250. The Balaban J connectivity index is 1.31. The number of anilines is 2. The van der Waals surface area contributed by atoms with Crippen molar-refractivity contribution in [2.45, 2.75) is 19.3 Å². The Hall–Kier alpha value is -3.14. The summed E-state index contributed by atoms with van der Waals surface area (Å²) in [5, 5.41) is 3.24. The van der Waals surface area contributed by atoms with E-state index < -0.39 is 0 Å². The lowest BCUT2D eigenvalue weighted by Crippen LogP contribution is -2.38. The fourth-order valence-corrected chi connectivity index (χ4v) is 3.73. The number of amides is 1. The van der Waals surface area contributed by atoms with Crippen LogP contribution in [0.15, 0.2) is 79.0 Å². The summed E-state index contributed by atoms with van der Waals surface area (Å²) < 4.78 is 0. The van der Waals surface area contributed by atoms with Crippen molar-refractivity contribution in [2.75, 3.05) is 18.4 Å². The van der Waals surface area contributed by atoms with Gasteiger partial charge in [0.2, 0.25) is 0 Å². The smallest absolute Gasteiger partial charge is 0.255 e. The Morgan fingerprint density at radius 2 is 1.61 bits per heavy atom. The molecule has 0 radical (unpaired) electrons. The van der Waals surface area contributed by atoms with Crippen molar-refractivity contribution in [1.82, 2.24) is 9.88 Å². The third-order valence-corrected chi connectivity index (χ3v) is 5.33. The normalized spacial score (nSPS) is 14.6. The van der Waals surface area contributed by atoms with E-state index in [0.717, 1.165) is 43.9 Å². The Bertz CT molecular complexity index is 886. The molecule has 3 aromatic rings. The van der Waals surface area contributed by atoms with Crippen molar-refractivity contribution in [3.8, 4) is 0 Å². The number of para-hydroxylation sites is 1. The monoisotopic (exact) mass is 371 g/mol. The Kier molecular flexibility index (Phi) is 5.66. The van der Waals surface area contributed by atoms with Gasteiger partial charge in [0.15, 0.2) is 0 Å². The van der Waals surface area contributed by atoms with Crippen LogP contribution in [0.2, 0.25) is 0 Å². The molecule has 0 atom stereocenters. The summed E-state index contributed by atoms with van der Waals surface area (Å²) in [4.78, 5) is 19.2. The molecule has 28 heavy (non-hydrogen) atoms. The largest absolute Gasteiger partial charge is 0.340 e. The number of hydrogen-bond acceptors (Lipinski definition) is 3. The van der Waals surface area contributed by atoms with Gasteiger partial charge in [-0.05, 0) is 55.0 Å². The predicted molar refractivity (Wildman–Crippen MR) is 113 cm³/mol. The number of aromatic nitrogens is 1. The van der Waals surface area contributed by atoms with Crippen LogP contribution in [0.4, 0.5) is 11.5 Å². The molecule has 1 saturated heterocycles. The molecule has 4 nitrogen and oxygen atoms in total. The van der Waals surface area contributed by atoms with E-state index in [1.54, 1.807) is 6.20 Å². The number of piperidine rings is 1.